The molecule has 2 unspecified atom stereocenters. The van der Waals surface area contributed by atoms with Crippen molar-refractivity contribution < 1.29 is 19.4 Å². The molecule has 1 rings (SSSR count). The van der Waals surface area contributed by atoms with E-state index in [4.69, 9.17) is 4.74 Å². The van der Waals surface area contributed by atoms with Crippen LogP contribution >= 0.6 is 0 Å². The molecule has 0 radical (unpaired) electrons. The third-order valence-corrected chi connectivity index (χ3v) is 4.15. The molecule has 0 aliphatic carbocycles. The normalized spacial score (nSPS) is 14.5. The monoisotopic (exact) mass is 331 g/mol. The molecule has 1 aromatic carbocycles. The van der Waals surface area contributed by atoms with Crippen LogP contribution < -0.4 is 0 Å². The minimum Gasteiger partial charge on any atom is -0.481 e. The number of ether oxygens (including phenoxy) is 1. The summed E-state index contributed by atoms with van der Waals surface area (Å²) in [6.45, 7) is 7.75. The Kier molecular flexibility index (Phi) is 6.97. The van der Waals surface area contributed by atoms with E-state index in [-0.39, 0.29) is 12.5 Å². The molecule has 0 fully saturated rings. The number of aliphatic carboxylic acids is 1. The third kappa shape index (κ3) is 5.09. The van der Waals surface area contributed by atoms with Crippen LogP contribution in [-0.2, 0) is 19.7 Å². The number of carboxylic acids is 1. The van der Waals surface area contributed by atoms with Crippen molar-refractivity contribution in [1.29, 1.82) is 5.26 Å². The first-order chi connectivity index (χ1) is 11.2. The van der Waals surface area contributed by atoms with Crippen LogP contribution in [-0.4, -0.2) is 23.1 Å². The second-order valence-electron chi connectivity index (χ2n) is 6.43. The van der Waals surface area contributed by atoms with Gasteiger partial charge in [-0.2, -0.15) is 5.26 Å². The minimum atomic E-state index is -1.42. The van der Waals surface area contributed by atoms with Crippen molar-refractivity contribution in [3.05, 3.63) is 35.4 Å². The highest BCUT2D eigenvalue weighted by Gasteiger charge is 2.38. The van der Waals surface area contributed by atoms with Gasteiger partial charge in [-0.05, 0) is 30.4 Å². The molecule has 1 aromatic rings. The lowest BCUT2D eigenvalue weighted by Gasteiger charge is -2.25. The van der Waals surface area contributed by atoms with Gasteiger partial charge in [0.15, 0.2) is 0 Å². The molecule has 0 saturated carbocycles. The van der Waals surface area contributed by atoms with Crippen LogP contribution in [0.1, 0.15) is 64.0 Å². The summed E-state index contributed by atoms with van der Waals surface area (Å²) in [5.41, 5.74) is 0.187. The number of hydrogen-bond acceptors (Lipinski definition) is 4. The van der Waals surface area contributed by atoms with Crippen LogP contribution in [0.5, 0.6) is 0 Å². The Bertz CT molecular complexity index is 615. The van der Waals surface area contributed by atoms with Gasteiger partial charge in [0.05, 0.1) is 25.0 Å². The number of nitriles is 1. The first-order valence-corrected chi connectivity index (χ1v) is 8.17. The van der Waals surface area contributed by atoms with Crippen molar-refractivity contribution in [2.45, 2.75) is 64.4 Å². The summed E-state index contributed by atoms with van der Waals surface area (Å²) in [7, 11) is 0. The first-order valence-electron chi connectivity index (χ1n) is 8.17. The Labute approximate surface area is 143 Å². The number of carboxylic acid groups (broad SMARTS) is 1. The molecular weight excluding hydrogens is 306 g/mol. The number of carbonyl (C=O) groups is 2. The highest BCUT2D eigenvalue weighted by Crippen LogP contribution is 2.33. The van der Waals surface area contributed by atoms with Crippen LogP contribution in [0.15, 0.2) is 24.3 Å². The molecule has 0 aliphatic rings. The smallest absolute Gasteiger partial charge is 0.308 e. The predicted octanol–water partition coefficient (Wildman–Crippen LogP) is 3.78. The highest BCUT2D eigenvalue weighted by molar-refractivity contribution is 5.77. The summed E-state index contributed by atoms with van der Waals surface area (Å²) in [6.07, 6.45) is -0.323. The summed E-state index contributed by atoms with van der Waals surface area (Å²) in [5.74, 6) is -1.36. The van der Waals surface area contributed by atoms with Crippen molar-refractivity contribution >= 4 is 11.9 Å². The highest BCUT2D eigenvalue weighted by atomic mass is 16.5. The van der Waals surface area contributed by atoms with Crippen LogP contribution in [0, 0.1) is 11.3 Å². The molecule has 0 heterocycles. The Balaban J connectivity index is 3.16. The van der Waals surface area contributed by atoms with E-state index in [0.717, 1.165) is 5.56 Å². The molecule has 5 nitrogen and oxygen atoms in total. The van der Waals surface area contributed by atoms with E-state index in [1.807, 2.05) is 32.9 Å². The zero-order chi connectivity index (χ0) is 18.3. The van der Waals surface area contributed by atoms with E-state index < -0.39 is 23.8 Å². The van der Waals surface area contributed by atoms with Crippen LogP contribution in [0.3, 0.4) is 0 Å². The van der Waals surface area contributed by atoms with E-state index in [0.29, 0.717) is 17.9 Å². The molecular formula is C19H25NO4. The topological polar surface area (TPSA) is 87.4 Å². The number of esters is 1. The molecule has 2 atom stereocenters. The van der Waals surface area contributed by atoms with Crippen molar-refractivity contribution in [3.63, 3.8) is 0 Å². The third-order valence-electron chi connectivity index (χ3n) is 4.15. The zero-order valence-electron chi connectivity index (χ0n) is 14.7. The van der Waals surface area contributed by atoms with Gasteiger partial charge in [0, 0.05) is 0 Å². The van der Waals surface area contributed by atoms with Crippen molar-refractivity contribution in [1.82, 2.24) is 0 Å². The van der Waals surface area contributed by atoms with Gasteiger partial charge in [-0.3, -0.25) is 9.59 Å². The van der Waals surface area contributed by atoms with E-state index >= 15 is 0 Å². The van der Waals surface area contributed by atoms with Gasteiger partial charge in [-0.15, -0.1) is 0 Å². The Morgan fingerprint density at radius 1 is 1.21 bits per heavy atom. The fourth-order valence-corrected chi connectivity index (χ4v) is 2.45. The van der Waals surface area contributed by atoms with Gasteiger partial charge in [0.2, 0.25) is 0 Å². The molecule has 0 spiro atoms. The largest absolute Gasteiger partial charge is 0.481 e. The quantitative estimate of drug-likeness (QED) is 0.732. The van der Waals surface area contributed by atoms with Crippen molar-refractivity contribution in [3.8, 4) is 6.07 Å². The standard InChI is InChI=1S/C19H25NO4/c1-5-14(4)24-18(23)11-19(12-20,10-17(21)22)16-8-6-15(7-9-16)13(2)3/h6-9,13-14H,5,10-11H2,1-4H3,(H,21,22). The minimum absolute atomic E-state index is 0.262. The maximum absolute atomic E-state index is 12.2. The van der Waals surface area contributed by atoms with E-state index in [1.165, 1.54) is 0 Å². The molecule has 24 heavy (non-hydrogen) atoms. The lowest BCUT2D eigenvalue weighted by Crippen LogP contribution is -2.32. The number of nitrogens with zero attached hydrogens (tertiary/aromatic N) is 1. The van der Waals surface area contributed by atoms with Gasteiger partial charge >= 0.3 is 11.9 Å². The van der Waals surface area contributed by atoms with Gasteiger partial charge < -0.3 is 9.84 Å². The van der Waals surface area contributed by atoms with Crippen LogP contribution in [0.2, 0.25) is 0 Å². The summed E-state index contributed by atoms with van der Waals surface area (Å²) < 4.78 is 5.24. The molecule has 0 amide bonds. The van der Waals surface area contributed by atoms with Crippen molar-refractivity contribution in [2.24, 2.45) is 0 Å². The molecule has 0 bridgehead atoms. The molecule has 0 aromatic heterocycles. The number of carbonyl (C=O) groups excluding carboxylic acids is 1. The maximum Gasteiger partial charge on any atom is 0.308 e. The Morgan fingerprint density at radius 3 is 2.21 bits per heavy atom. The Morgan fingerprint density at radius 2 is 1.79 bits per heavy atom. The molecule has 1 N–H and O–H groups in total. The van der Waals surface area contributed by atoms with Gasteiger partial charge in [-0.25, -0.2) is 0 Å². The summed E-state index contributed by atoms with van der Waals surface area (Å²) in [4.78, 5) is 23.4. The van der Waals surface area contributed by atoms with Gasteiger partial charge in [0.1, 0.15) is 5.41 Å². The molecule has 5 heteroatoms. The average molecular weight is 331 g/mol. The predicted molar refractivity (Wildman–Crippen MR) is 90.5 cm³/mol. The molecule has 0 saturated heterocycles. The SMILES string of the molecule is CCC(C)OC(=O)CC(C#N)(CC(=O)O)c1ccc(C(C)C)cc1. The zero-order valence-corrected chi connectivity index (χ0v) is 14.7. The fourth-order valence-electron chi connectivity index (χ4n) is 2.45. The second kappa shape index (κ2) is 8.49. The van der Waals surface area contributed by atoms with E-state index in [9.17, 15) is 20.0 Å². The van der Waals surface area contributed by atoms with Crippen molar-refractivity contribution in [2.75, 3.05) is 0 Å². The van der Waals surface area contributed by atoms with Crippen LogP contribution in [0.4, 0.5) is 0 Å². The first kappa shape index (κ1) is 19.7. The number of hydrogen-bond donors (Lipinski definition) is 1. The maximum atomic E-state index is 12.2. The lowest BCUT2D eigenvalue weighted by molar-refractivity contribution is -0.149. The summed E-state index contributed by atoms with van der Waals surface area (Å²) in [6, 6.07) is 9.26. The fraction of sp³-hybridized carbons (Fsp3) is 0.526. The number of benzene rings is 1. The summed E-state index contributed by atoms with van der Waals surface area (Å²) >= 11 is 0. The Hall–Kier alpha value is -2.35. The lowest BCUT2D eigenvalue weighted by atomic mass is 9.75. The molecule has 0 aliphatic heterocycles. The van der Waals surface area contributed by atoms with Gasteiger partial charge in [-0.1, -0.05) is 45.0 Å². The average Bonchev–Trinajstić information content (AvgIpc) is 2.53. The second-order valence-corrected chi connectivity index (χ2v) is 6.43. The molecule has 130 valence electrons. The van der Waals surface area contributed by atoms with E-state index in [2.05, 4.69) is 6.07 Å². The van der Waals surface area contributed by atoms with Gasteiger partial charge in [0.25, 0.3) is 0 Å². The van der Waals surface area contributed by atoms with Crippen LogP contribution in [0.25, 0.3) is 0 Å². The van der Waals surface area contributed by atoms with E-state index in [1.54, 1.807) is 19.1 Å². The summed E-state index contributed by atoms with van der Waals surface area (Å²) in [5, 5.41) is 18.9. The number of rotatable bonds is 8.